The van der Waals surface area contributed by atoms with E-state index in [0.29, 0.717) is 38.0 Å². The van der Waals surface area contributed by atoms with E-state index in [2.05, 4.69) is 22.1 Å². The third-order valence-electron chi connectivity index (χ3n) is 8.82. The first kappa shape index (κ1) is 28.2. The van der Waals surface area contributed by atoms with Crippen LogP contribution in [0.1, 0.15) is 43.5 Å². The Labute approximate surface area is 239 Å². The second-order valence-electron chi connectivity index (χ2n) is 11.4. The highest BCUT2D eigenvalue weighted by atomic mass is 32.2. The van der Waals surface area contributed by atoms with Crippen molar-refractivity contribution in [3.8, 4) is 6.07 Å². The highest BCUT2D eigenvalue weighted by Crippen LogP contribution is 2.59. The molecule has 11 nitrogen and oxygen atoms in total. The first-order chi connectivity index (χ1) is 19.8. The summed E-state index contributed by atoms with van der Waals surface area (Å²) >= 11 is 0. The van der Waals surface area contributed by atoms with Gasteiger partial charge in [0.2, 0.25) is 11.8 Å². The van der Waals surface area contributed by atoms with E-state index < -0.39 is 75.9 Å². The van der Waals surface area contributed by atoms with Crippen molar-refractivity contribution in [2.45, 2.75) is 73.1 Å². The molecular formula is C27H28F3N7O4S. The zero-order valence-corrected chi connectivity index (χ0v) is 23.3. The van der Waals surface area contributed by atoms with Gasteiger partial charge in [-0.1, -0.05) is 12.7 Å². The lowest BCUT2D eigenvalue weighted by Gasteiger charge is -2.30. The summed E-state index contributed by atoms with van der Waals surface area (Å²) in [5.41, 5.74) is -2.74. The van der Waals surface area contributed by atoms with Gasteiger partial charge in [0, 0.05) is 25.3 Å². The molecule has 2 amide bonds. The van der Waals surface area contributed by atoms with Crippen LogP contribution in [0, 0.1) is 16.7 Å². The molecule has 0 unspecified atom stereocenters. The molecule has 0 spiro atoms. The summed E-state index contributed by atoms with van der Waals surface area (Å²) in [5, 5.41) is 18.6. The van der Waals surface area contributed by atoms with Crippen LogP contribution in [0.2, 0.25) is 0 Å². The fraction of sp³-hybridized carbons (Fsp3) is 0.519. The summed E-state index contributed by atoms with van der Waals surface area (Å²) in [5.74, 6) is -1.36. The predicted molar refractivity (Wildman–Crippen MR) is 142 cm³/mol. The quantitative estimate of drug-likeness (QED) is 0.508. The van der Waals surface area contributed by atoms with E-state index in [1.807, 2.05) is 15.5 Å². The first-order valence-electron chi connectivity index (χ1n) is 13.6. The third kappa shape index (κ3) is 4.52. The van der Waals surface area contributed by atoms with Gasteiger partial charge >= 0.3 is 6.18 Å². The van der Waals surface area contributed by atoms with E-state index in [9.17, 15) is 36.4 Å². The number of alkyl halides is 3. The number of benzene rings is 1. The Morgan fingerprint density at radius 3 is 2.55 bits per heavy atom. The van der Waals surface area contributed by atoms with Crippen LogP contribution >= 0.6 is 0 Å². The van der Waals surface area contributed by atoms with Crippen molar-refractivity contribution in [2.75, 3.05) is 18.0 Å². The monoisotopic (exact) mass is 603 g/mol. The Morgan fingerprint density at radius 2 is 1.93 bits per heavy atom. The van der Waals surface area contributed by atoms with Crippen molar-refractivity contribution in [2.24, 2.45) is 5.41 Å². The van der Waals surface area contributed by atoms with Crippen molar-refractivity contribution in [3.05, 3.63) is 42.5 Å². The first-order valence-corrected chi connectivity index (χ1v) is 15.1. The van der Waals surface area contributed by atoms with Crippen LogP contribution < -0.4 is 10.2 Å². The summed E-state index contributed by atoms with van der Waals surface area (Å²) < 4.78 is 71.5. The summed E-state index contributed by atoms with van der Waals surface area (Å²) in [4.78, 5) is 29.2. The molecule has 1 aromatic carbocycles. The van der Waals surface area contributed by atoms with E-state index in [0.717, 1.165) is 16.4 Å². The molecule has 1 aromatic heterocycles. The number of halogens is 3. The Balaban J connectivity index is 1.29. The Hall–Kier alpha value is -3.93. The van der Waals surface area contributed by atoms with Gasteiger partial charge in [0.15, 0.2) is 15.7 Å². The van der Waals surface area contributed by atoms with Gasteiger partial charge in [0.25, 0.3) is 0 Å². The molecule has 1 N–H and O–H groups in total. The van der Waals surface area contributed by atoms with Gasteiger partial charge in [-0.2, -0.15) is 18.4 Å². The van der Waals surface area contributed by atoms with Crippen LogP contribution in [0.4, 0.5) is 18.9 Å². The van der Waals surface area contributed by atoms with Crippen LogP contribution in [0.15, 0.2) is 36.0 Å². The highest BCUT2D eigenvalue weighted by Gasteiger charge is 2.70. The molecule has 4 aliphatic rings. The minimum absolute atomic E-state index is 0.0903. The molecule has 0 bridgehead atoms. The molecule has 2 aliphatic heterocycles. The van der Waals surface area contributed by atoms with Crippen LogP contribution in [-0.4, -0.2) is 76.0 Å². The van der Waals surface area contributed by atoms with Crippen molar-refractivity contribution < 1.29 is 31.2 Å². The number of amides is 2. The maximum absolute atomic E-state index is 14.0. The number of fused-ring (bicyclic) bond motifs is 1. The van der Waals surface area contributed by atoms with Gasteiger partial charge in [-0.3, -0.25) is 9.59 Å². The number of hydrogen-bond donors (Lipinski definition) is 1. The summed E-state index contributed by atoms with van der Waals surface area (Å²) in [6.45, 7) is 4.93. The molecular weight excluding hydrogens is 575 g/mol. The molecule has 1 saturated heterocycles. The molecule has 2 saturated carbocycles. The second-order valence-corrected chi connectivity index (χ2v) is 13.6. The van der Waals surface area contributed by atoms with Crippen LogP contribution in [0.25, 0.3) is 6.08 Å². The minimum atomic E-state index is -4.83. The lowest BCUT2D eigenvalue weighted by molar-refractivity contribution is -0.199. The van der Waals surface area contributed by atoms with Gasteiger partial charge < -0.3 is 19.7 Å². The zero-order valence-electron chi connectivity index (χ0n) is 22.5. The van der Waals surface area contributed by atoms with E-state index in [4.69, 9.17) is 0 Å². The average molecular weight is 604 g/mol. The molecule has 42 heavy (non-hydrogen) atoms. The number of nitriles is 1. The van der Waals surface area contributed by atoms with Crippen molar-refractivity contribution in [1.82, 2.24) is 25.0 Å². The number of rotatable bonds is 7. The number of aromatic nitrogens is 3. The van der Waals surface area contributed by atoms with E-state index in [-0.39, 0.29) is 4.90 Å². The fourth-order valence-electron chi connectivity index (χ4n) is 5.84. The number of carbonyl (C=O) groups excluding carboxylic acids is 2. The molecule has 2 aromatic rings. The standard InChI is InChI=1S/C27H28F3N7O4S/c1-2-17-11-18(35-9-10-36-16-32-34-22(36)14-35)3-4-21(17)42(40,41)19-12-20(23(38)33-25(15-31)5-6-25)37(13-19)24(39)26(7-8-26)27(28,29)30/h2-4,11,16,19-20H,1,5-10,12-14H2,(H,33,38)/t19-,20+/m1/s1. The maximum atomic E-state index is 14.0. The Bertz CT molecular complexity index is 1620. The van der Waals surface area contributed by atoms with Gasteiger partial charge in [-0.05, 0) is 55.9 Å². The van der Waals surface area contributed by atoms with Gasteiger partial charge in [-0.25, -0.2) is 8.42 Å². The maximum Gasteiger partial charge on any atom is 0.403 e. The SMILES string of the molecule is C=Cc1cc(N2CCn3cnnc3C2)ccc1S(=O)(=O)[C@@H]1C[C@@H](C(=O)NC2(C#N)CC2)N(C(=O)C2(C(F)(F)F)CC2)C1. The number of carbonyl (C=O) groups is 2. The summed E-state index contributed by atoms with van der Waals surface area (Å²) in [6, 6.07) is 5.25. The summed E-state index contributed by atoms with van der Waals surface area (Å²) in [6.07, 6.45) is -2.30. The molecule has 3 fully saturated rings. The Kier molecular flexibility index (Phi) is 6.41. The van der Waals surface area contributed by atoms with Crippen LogP contribution in [-0.2, 0) is 32.5 Å². The van der Waals surface area contributed by atoms with Gasteiger partial charge in [-0.15, -0.1) is 10.2 Å². The molecule has 3 heterocycles. The number of likely N-dealkylation sites (tertiary alicyclic amines) is 1. The number of anilines is 1. The predicted octanol–water partition coefficient (Wildman–Crippen LogP) is 2.20. The molecule has 15 heteroatoms. The molecule has 6 rings (SSSR count). The Morgan fingerprint density at radius 1 is 1.19 bits per heavy atom. The lowest BCUT2D eigenvalue weighted by atomic mass is 10.0. The summed E-state index contributed by atoms with van der Waals surface area (Å²) in [7, 11) is -4.23. The van der Waals surface area contributed by atoms with Gasteiger partial charge in [0.05, 0.1) is 22.8 Å². The van der Waals surface area contributed by atoms with Crippen molar-refractivity contribution in [1.29, 1.82) is 5.26 Å². The smallest absolute Gasteiger partial charge is 0.362 e. The number of nitrogens with zero attached hydrogens (tertiary/aromatic N) is 6. The van der Waals surface area contributed by atoms with E-state index >= 15 is 0 Å². The molecule has 222 valence electrons. The van der Waals surface area contributed by atoms with Gasteiger partial charge in [0.1, 0.15) is 23.3 Å². The molecule has 2 aliphatic carbocycles. The van der Waals surface area contributed by atoms with E-state index in [1.165, 1.54) is 12.1 Å². The fourth-order valence-corrected chi connectivity index (χ4v) is 7.72. The van der Waals surface area contributed by atoms with Crippen molar-refractivity contribution in [3.63, 3.8) is 0 Å². The average Bonchev–Trinajstić information content (AvgIpc) is 3.84. The van der Waals surface area contributed by atoms with Crippen LogP contribution in [0.3, 0.4) is 0 Å². The highest BCUT2D eigenvalue weighted by molar-refractivity contribution is 7.92. The molecule has 0 radical (unpaired) electrons. The third-order valence-corrected chi connectivity index (χ3v) is 11.0. The minimum Gasteiger partial charge on any atom is -0.362 e. The molecule has 2 atom stereocenters. The zero-order chi connectivity index (χ0) is 30.1. The lowest BCUT2D eigenvalue weighted by Crippen LogP contribution is -2.53. The largest absolute Gasteiger partial charge is 0.403 e. The topological polar surface area (TPSA) is 141 Å². The van der Waals surface area contributed by atoms with E-state index in [1.54, 1.807) is 18.5 Å². The van der Waals surface area contributed by atoms with Crippen LogP contribution in [0.5, 0.6) is 0 Å². The van der Waals surface area contributed by atoms with Crippen molar-refractivity contribution >= 4 is 33.4 Å². The normalized spacial score (nSPS) is 24.0. The number of hydrogen-bond acceptors (Lipinski definition) is 8. The number of nitrogens with one attached hydrogen (secondary N) is 1. The number of sulfone groups is 1. The second kappa shape index (κ2) is 9.55.